The van der Waals surface area contributed by atoms with Crippen LogP contribution in [0.15, 0.2) is 30.3 Å². The maximum absolute atomic E-state index is 9.37. The van der Waals surface area contributed by atoms with Crippen molar-refractivity contribution in [1.82, 2.24) is 0 Å². The number of benzene rings is 1. The highest BCUT2D eigenvalue weighted by molar-refractivity contribution is 5.13. The van der Waals surface area contributed by atoms with Gasteiger partial charge in [-0.15, -0.1) is 0 Å². The lowest BCUT2D eigenvalue weighted by molar-refractivity contribution is -0.147. The molecule has 0 saturated heterocycles. The normalized spacial score (nSPS) is 14.0. The number of rotatable bonds is 12. The van der Waals surface area contributed by atoms with Gasteiger partial charge in [-0.1, -0.05) is 37.3 Å². The maximum Gasteiger partial charge on any atom is 0.154 e. The minimum atomic E-state index is -0.401. The minimum absolute atomic E-state index is 0.267. The smallest absolute Gasteiger partial charge is 0.154 e. The van der Waals surface area contributed by atoms with Gasteiger partial charge in [0.2, 0.25) is 0 Å². The Morgan fingerprint density at radius 2 is 1.76 bits per heavy atom. The van der Waals surface area contributed by atoms with Gasteiger partial charge in [-0.25, -0.2) is 0 Å². The number of hydrogen-bond acceptors (Lipinski definition) is 4. The fourth-order valence-corrected chi connectivity index (χ4v) is 1.73. The third-order valence-corrected chi connectivity index (χ3v) is 3.14. The zero-order valence-corrected chi connectivity index (χ0v) is 13.2. The minimum Gasteiger partial charge on any atom is -0.391 e. The van der Waals surface area contributed by atoms with Gasteiger partial charge in [0.1, 0.15) is 0 Å². The quantitative estimate of drug-likeness (QED) is 0.475. The van der Waals surface area contributed by atoms with Crippen molar-refractivity contribution in [2.24, 2.45) is 0 Å². The first-order valence-electron chi connectivity index (χ1n) is 7.75. The molecule has 0 bridgehead atoms. The molecule has 0 spiro atoms. The summed E-state index contributed by atoms with van der Waals surface area (Å²) in [7, 11) is 0. The van der Waals surface area contributed by atoms with E-state index in [0.29, 0.717) is 26.2 Å². The lowest BCUT2D eigenvalue weighted by atomic mass is 10.2. The zero-order chi connectivity index (χ0) is 15.3. The zero-order valence-electron chi connectivity index (χ0n) is 13.2. The molecule has 0 radical (unpaired) electrons. The van der Waals surface area contributed by atoms with E-state index in [-0.39, 0.29) is 6.29 Å². The van der Waals surface area contributed by atoms with Crippen molar-refractivity contribution in [2.45, 2.75) is 52.1 Å². The Morgan fingerprint density at radius 3 is 2.48 bits per heavy atom. The number of unbranched alkanes of at least 4 members (excludes halogenated alkanes) is 1. The first-order chi connectivity index (χ1) is 10.2. The topological polar surface area (TPSA) is 47.9 Å². The van der Waals surface area contributed by atoms with E-state index in [1.165, 1.54) is 5.56 Å². The van der Waals surface area contributed by atoms with Crippen LogP contribution in [-0.2, 0) is 20.8 Å². The van der Waals surface area contributed by atoms with Gasteiger partial charge in [0.15, 0.2) is 6.29 Å². The van der Waals surface area contributed by atoms with Crippen molar-refractivity contribution < 1.29 is 19.3 Å². The Balaban J connectivity index is 1.90. The molecule has 0 aliphatic rings. The molecule has 1 aromatic carbocycles. The number of aliphatic hydroxyl groups is 1. The van der Waals surface area contributed by atoms with Crippen molar-refractivity contribution in [3.63, 3.8) is 0 Å². The third-order valence-electron chi connectivity index (χ3n) is 3.14. The number of hydrogen-bond donors (Lipinski definition) is 1. The Kier molecular flexibility index (Phi) is 10.1. The van der Waals surface area contributed by atoms with Crippen molar-refractivity contribution in [3.05, 3.63) is 35.9 Å². The van der Waals surface area contributed by atoms with Crippen molar-refractivity contribution in [3.8, 4) is 0 Å². The highest BCUT2D eigenvalue weighted by Crippen LogP contribution is 2.03. The fraction of sp³-hybridized carbons (Fsp3) is 0.647. The van der Waals surface area contributed by atoms with Gasteiger partial charge in [0.05, 0.1) is 19.3 Å². The summed E-state index contributed by atoms with van der Waals surface area (Å²) in [5.41, 5.74) is 1.20. The van der Waals surface area contributed by atoms with Crippen LogP contribution in [0.2, 0.25) is 0 Å². The van der Waals surface area contributed by atoms with Crippen molar-refractivity contribution in [1.29, 1.82) is 0 Å². The lowest BCUT2D eigenvalue weighted by Crippen LogP contribution is -2.21. The molecule has 120 valence electrons. The molecule has 1 unspecified atom stereocenters. The molecular weight excluding hydrogens is 268 g/mol. The van der Waals surface area contributed by atoms with Gasteiger partial charge in [-0.05, 0) is 31.7 Å². The second kappa shape index (κ2) is 11.7. The van der Waals surface area contributed by atoms with E-state index >= 15 is 0 Å². The summed E-state index contributed by atoms with van der Waals surface area (Å²) in [5.74, 6) is 0. The van der Waals surface area contributed by atoms with E-state index in [9.17, 15) is 5.11 Å². The molecule has 0 saturated carbocycles. The summed E-state index contributed by atoms with van der Waals surface area (Å²) in [5, 5.41) is 9.37. The van der Waals surface area contributed by atoms with E-state index in [1.807, 2.05) is 32.0 Å². The van der Waals surface area contributed by atoms with E-state index in [1.54, 1.807) is 0 Å². The Hall–Kier alpha value is -0.940. The molecule has 0 aliphatic heterocycles. The van der Waals surface area contributed by atoms with Crippen LogP contribution in [0.4, 0.5) is 0 Å². The molecule has 0 amide bonds. The summed E-state index contributed by atoms with van der Waals surface area (Å²) < 4.78 is 16.5. The van der Waals surface area contributed by atoms with Gasteiger partial charge < -0.3 is 19.3 Å². The highest BCUT2D eigenvalue weighted by Gasteiger charge is 2.06. The van der Waals surface area contributed by atoms with Crippen LogP contribution in [-0.4, -0.2) is 37.3 Å². The van der Waals surface area contributed by atoms with Gasteiger partial charge in [0.25, 0.3) is 0 Å². The molecule has 0 fully saturated rings. The third kappa shape index (κ3) is 9.58. The molecule has 0 heterocycles. The predicted octanol–water partition coefficient (Wildman–Crippen LogP) is 3.13. The molecule has 1 N–H and O–H groups in total. The molecule has 4 nitrogen and oxygen atoms in total. The molecule has 1 rings (SSSR count). The van der Waals surface area contributed by atoms with Crippen LogP contribution in [0.3, 0.4) is 0 Å². The summed E-state index contributed by atoms with van der Waals surface area (Å²) in [6.07, 6.45) is 1.94. The number of ether oxygens (including phenoxy) is 3. The van der Waals surface area contributed by atoms with E-state index < -0.39 is 6.10 Å². The predicted molar refractivity (Wildman–Crippen MR) is 83.0 cm³/mol. The first kappa shape index (κ1) is 18.1. The Bertz CT molecular complexity index is 342. The monoisotopic (exact) mass is 296 g/mol. The maximum atomic E-state index is 9.37. The first-order valence-corrected chi connectivity index (χ1v) is 7.75. The molecule has 21 heavy (non-hydrogen) atoms. The molecule has 4 heteroatoms. The molecule has 0 aliphatic carbocycles. The standard InChI is InChI=1S/C17H28O4/c1-3-17(18)14-21-15(2)20-12-8-7-11-19-13-16-9-5-4-6-10-16/h4-6,9-10,15,17-18H,3,7-8,11-14H2,1-2H3/t15?,17-/m1/s1. The SMILES string of the molecule is CC[C@@H](O)COC(C)OCCCCOCc1ccccc1. The second-order valence-electron chi connectivity index (χ2n) is 5.08. The van der Waals surface area contributed by atoms with Crippen LogP contribution in [0.25, 0.3) is 0 Å². The highest BCUT2D eigenvalue weighted by atomic mass is 16.7. The average Bonchev–Trinajstić information content (AvgIpc) is 2.52. The van der Waals surface area contributed by atoms with Gasteiger partial charge in [-0.2, -0.15) is 0 Å². The van der Waals surface area contributed by atoms with Crippen molar-refractivity contribution in [2.75, 3.05) is 19.8 Å². The van der Waals surface area contributed by atoms with Crippen LogP contribution >= 0.6 is 0 Å². The second-order valence-corrected chi connectivity index (χ2v) is 5.08. The van der Waals surface area contributed by atoms with Gasteiger partial charge in [0, 0.05) is 13.2 Å². The molecule has 2 atom stereocenters. The van der Waals surface area contributed by atoms with Gasteiger partial charge in [-0.3, -0.25) is 0 Å². The molecule has 0 aromatic heterocycles. The molecular formula is C17H28O4. The van der Waals surface area contributed by atoms with Crippen molar-refractivity contribution >= 4 is 0 Å². The lowest BCUT2D eigenvalue weighted by Gasteiger charge is -2.16. The molecule has 1 aromatic rings. The summed E-state index contributed by atoms with van der Waals surface area (Å²) >= 11 is 0. The summed E-state index contributed by atoms with van der Waals surface area (Å²) in [6, 6.07) is 10.2. The van der Waals surface area contributed by atoms with Crippen LogP contribution in [0.5, 0.6) is 0 Å². The van der Waals surface area contributed by atoms with E-state index in [2.05, 4.69) is 12.1 Å². The largest absolute Gasteiger partial charge is 0.391 e. The Morgan fingerprint density at radius 1 is 1.05 bits per heavy atom. The summed E-state index contributed by atoms with van der Waals surface area (Å²) in [4.78, 5) is 0. The van der Waals surface area contributed by atoms with Crippen LogP contribution in [0, 0.1) is 0 Å². The fourth-order valence-electron chi connectivity index (χ4n) is 1.73. The van der Waals surface area contributed by atoms with E-state index in [0.717, 1.165) is 19.4 Å². The van der Waals surface area contributed by atoms with Crippen LogP contribution in [0.1, 0.15) is 38.7 Å². The van der Waals surface area contributed by atoms with E-state index in [4.69, 9.17) is 14.2 Å². The average molecular weight is 296 g/mol. The number of aliphatic hydroxyl groups excluding tert-OH is 1. The summed E-state index contributed by atoms with van der Waals surface area (Å²) in [6.45, 7) is 6.16. The van der Waals surface area contributed by atoms with Gasteiger partial charge >= 0.3 is 0 Å². The van der Waals surface area contributed by atoms with Crippen LogP contribution < -0.4 is 0 Å². The Labute approximate surface area is 128 Å².